The molecule has 130 valence electrons. The average molecular weight is 312 g/mol. The second-order valence-electron chi connectivity index (χ2n) is 6.41. The third-order valence-electron chi connectivity index (χ3n) is 4.56. The standard InChI is InChI=1S/C19H36O3/c1-5-9-11-13-17(20)19(22,16-12-10-6-2)18(21,14-7-3)15-8-4/h7-8,17,20-22H,3-6,9-16H2,1-2H3. The minimum atomic E-state index is -1.52. The Kier molecular flexibility index (Phi) is 10.7. The van der Waals surface area contributed by atoms with Crippen LogP contribution in [-0.4, -0.2) is 32.6 Å². The number of rotatable bonds is 14. The molecule has 0 radical (unpaired) electrons. The zero-order chi connectivity index (χ0) is 17.1. The van der Waals surface area contributed by atoms with Gasteiger partial charge in [-0.15, -0.1) is 13.2 Å². The van der Waals surface area contributed by atoms with Gasteiger partial charge in [0.2, 0.25) is 0 Å². The number of aliphatic hydroxyl groups excluding tert-OH is 1. The number of hydrogen-bond acceptors (Lipinski definition) is 3. The van der Waals surface area contributed by atoms with Crippen molar-refractivity contribution >= 4 is 0 Å². The van der Waals surface area contributed by atoms with E-state index in [0.717, 1.165) is 38.5 Å². The zero-order valence-electron chi connectivity index (χ0n) is 14.6. The summed E-state index contributed by atoms with van der Waals surface area (Å²) >= 11 is 0. The van der Waals surface area contributed by atoms with E-state index in [-0.39, 0.29) is 12.8 Å². The molecule has 3 heteroatoms. The molecule has 0 amide bonds. The normalized spacial score (nSPS) is 16.0. The zero-order valence-corrected chi connectivity index (χ0v) is 14.6. The van der Waals surface area contributed by atoms with Gasteiger partial charge < -0.3 is 15.3 Å². The summed E-state index contributed by atoms with van der Waals surface area (Å²) < 4.78 is 0. The first kappa shape index (κ1) is 21.4. The van der Waals surface area contributed by atoms with Gasteiger partial charge in [0.25, 0.3) is 0 Å². The Hall–Kier alpha value is -0.640. The smallest absolute Gasteiger partial charge is 0.120 e. The van der Waals surface area contributed by atoms with Gasteiger partial charge in [0, 0.05) is 0 Å². The molecule has 0 bridgehead atoms. The van der Waals surface area contributed by atoms with Crippen molar-refractivity contribution < 1.29 is 15.3 Å². The van der Waals surface area contributed by atoms with Crippen LogP contribution >= 0.6 is 0 Å². The van der Waals surface area contributed by atoms with Crippen molar-refractivity contribution in [3.8, 4) is 0 Å². The van der Waals surface area contributed by atoms with E-state index in [0.29, 0.717) is 12.8 Å². The van der Waals surface area contributed by atoms with Crippen LogP contribution in [0.1, 0.15) is 78.1 Å². The molecule has 0 aliphatic rings. The molecule has 3 N–H and O–H groups in total. The Bertz CT molecular complexity index is 304. The van der Waals surface area contributed by atoms with Gasteiger partial charge in [-0.2, -0.15) is 0 Å². The van der Waals surface area contributed by atoms with Crippen molar-refractivity contribution in [2.24, 2.45) is 0 Å². The SMILES string of the molecule is C=CCC(O)(CC=C)C(O)(CCCCC)C(O)CCCCC. The molecule has 0 spiro atoms. The van der Waals surface area contributed by atoms with Crippen molar-refractivity contribution in [2.75, 3.05) is 0 Å². The molecular formula is C19H36O3. The lowest BCUT2D eigenvalue weighted by atomic mass is 9.70. The summed E-state index contributed by atoms with van der Waals surface area (Å²) in [5.74, 6) is 0. The largest absolute Gasteiger partial charge is 0.390 e. The van der Waals surface area contributed by atoms with Crippen LogP contribution in [0.3, 0.4) is 0 Å². The van der Waals surface area contributed by atoms with Gasteiger partial charge in [-0.05, 0) is 25.7 Å². The van der Waals surface area contributed by atoms with Crippen molar-refractivity contribution in [1.29, 1.82) is 0 Å². The van der Waals surface area contributed by atoms with Crippen LogP contribution in [-0.2, 0) is 0 Å². The van der Waals surface area contributed by atoms with E-state index in [2.05, 4.69) is 27.0 Å². The fourth-order valence-corrected chi connectivity index (χ4v) is 3.09. The number of aliphatic hydroxyl groups is 3. The van der Waals surface area contributed by atoms with E-state index >= 15 is 0 Å². The maximum absolute atomic E-state index is 11.2. The molecule has 0 aliphatic heterocycles. The highest BCUT2D eigenvalue weighted by Gasteiger charge is 2.51. The van der Waals surface area contributed by atoms with Gasteiger partial charge in [0.15, 0.2) is 0 Å². The fraction of sp³-hybridized carbons (Fsp3) is 0.789. The predicted octanol–water partition coefficient (Wildman–Crippen LogP) is 4.12. The summed E-state index contributed by atoms with van der Waals surface area (Å²) in [6.07, 6.45) is 9.39. The van der Waals surface area contributed by atoms with Crippen LogP contribution in [0.15, 0.2) is 25.3 Å². The average Bonchev–Trinajstić information content (AvgIpc) is 2.47. The molecule has 2 atom stereocenters. The highest BCUT2D eigenvalue weighted by molar-refractivity contribution is 5.09. The highest BCUT2D eigenvalue weighted by Crippen LogP contribution is 2.38. The summed E-state index contributed by atoms with van der Waals surface area (Å²) in [7, 11) is 0. The Morgan fingerprint density at radius 3 is 1.86 bits per heavy atom. The second kappa shape index (κ2) is 11.0. The lowest BCUT2D eigenvalue weighted by molar-refractivity contribution is -0.206. The van der Waals surface area contributed by atoms with E-state index in [1.807, 2.05) is 0 Å². The Balaban J connectivity index is 5.24. The maximum Gasteiger partial charge on any atom is 0.120 e. The van der Waals surface area contributed by atoms with Gasteiger partial charge >= 0.3 is 0 Å². The van der Waals surface area contributed by atoms with Crippen LogP contribution in [0.2, 0.25) is 0 Å². The first-order valence-electron chi connectivity index (χ1n) is 8.76. The summed E-state index contributed by atoms with van der Waals surface area (Å²) in [4.78, 5) is 0. The molecule has 0 saturated carbocycles. The fourth-order valence-electron chi connectivity index (χ4n) is 3.09. The first-order valence-corrected chi connectivity index (χ1v) is 8.76. The van der Waals surface area contributed by atoms with E-state index in [4.69, 9.17) is 0 Å². The van der Waals surface area contributed by atoms with Crippen molar-refractivity contribution in [3.63, 3.8) is 0 Å². The Labute approximate surface area is 136 Å². The van der Waals surface area contributed by atoms with E-state index < -0.39 is 17.3 Å². The number of unbranched alkanes of at least 4 members (excludes halogenated alkanes) is 4. The molecule has 22 heavy (non-hydrogen) atoms. The molecule has 0 aromatic rings. The van der Waals surface area contributed by atoms with Crippen LogP contribution in [0, 0.1) is 0 Å². The molecule has 0 saturated heterocycles. The topological polar surface area (TPSA) is 60.7 Å². The van der Waals surface area contributed by atoms with Gasteiger partial charge in [0.05, 0.1) is 6.10 Å². The highest BCUT2D eigenvalue weighted by atomic mass is 16.4. The summed E-state index contributed by atoms with van der Waals surface area (Å²) in [5.41, 5.74) is -2.92. The Morgan fingerprint density at radius 1 is 0.909 bits per heavy atom. The third kappa shape index (κ3) is 5.86. The summed E-state index contributed by atoms with van der Waals surface area (Å²) in [6, 6.07) is 0. The van der Waals surface area contributed by atoms with Crippen LogP contribution in [0.4, 0.5) is 0 Å². The molecule has 3 nitrogen and oxygen atoms in total. The van der Waals surface area contributed by atoms with Crippen LogP contribution < -0.4 is 0 Å². The van der Waals surface area contributed by atoms with Crippen LogP contribution in [0.25, 0.3) is 0 Å². The Morgan fingerprint density at radius 2 is 1.41 bits per heavy atom. The monoisotopic (exact) mass is 312 g/mol. The third-order valence-corrected chi connectivity index (χ3v) is 4.56. The number of hydrogen-bond donors (Lipinski definition) is 3. The molecule has 0 aliphatic carbocycles. The van der Waals surface area contributed by atoms with Gasteiger partial charge in [-0.3, -0.25) is 0 Å². The first-order chi connectivity index (χ1) is 10.4. The molecule has 0 aromatic carbocycles. The summed E-state index contributed by atoms with van der Waals surface area (Å²) in [6.45, 7) is 11.6. The lowest BCUT2D eigenvalue weighted by Gasteiger charge is -2.46. The molecule has 0 heterocycles. The molecule has 0 aromatic heterocycles. The van der Waals surface area contributed by atoms with Gasteiger partial charge in [0.1, 0.15) is 11.2 Å². The van der Waals surface area contributed by atoms with Crippen molar-refractivity contribution in [2.45, 2.75) is 95.4 Å². The van der Waals surface area contributed by atoms with Crippen molar-refractivity contribution in [1.82, 2.24) is 0 Å². The summed E-state index contributed by atoms with van der Waals surface area (Å²) in [5, 5.41) is 32.8. The second-order valence-corrected chi connectivity index (χ2v) is 6.41. The van der Waals surface area contributed by atoms with Crippen molar-refractivity contribution in [3.05, 3.63) is 25.3 Å². The van der Waals surface area contributed by atoms with E-state index in [1.54, 1.807) is 12.2 Å². The lowest BCUT2D eigenvalue weighted by Crippen LogP contribution is -2.61. The maximum atomic E-state index is 11.2. The van der Waals surface area contributed by atoms with E-state index in [1.165, 1.54) is 0 Å². The molecule has 0 fully saturated rings. The molecule has 0 rings (SSSR count). The van der Waals surface area contributed by atoms with Gasteiger partial charge in [-0.25, -0.2) is 0 Å². The van der Waals surface area contributed by atoms with Crippen LogP contribution in [0.5, 0.6) is 0 Å². The quantitative estimate of drug-likeness (QED) is 0.334. The molecule has 2 unspecified atom stereocenters. The minimum Gasteiger partial charge on any atom is -0.390 e. The molecular weight excluding hydrogens is 276 g/mol. The van der Waals surface area contributed by atoms with E-state index in [9.17, 15) is 15.3 Å². The minimum absolute atomic E-state index is 0.243. The predicted molar refractivity (Wildman–Crippen MR) is 93.8 cm³/mol. The van der Waals surface area contributed by atoms with Gasteiger partial charge in [-0.1, -0.05) is 64.5 Å².